The van der Waals surface area contributed by atoms with Crippen LogP contribution in [0.15, 0.2) is 72.9 Å². The van der Waals surface area contributed by atoms with Crippen LogP contribution in [-0.4, -0.2) is 17.4 Å². The highest BCUT2D eigenvalue weighted by atomic mass is 16.2. The largest absolute Gasteiger partial charge is 0.380 e. The average Bonchev–Trinajstić information content (AvgIpc) is 2.69. The molecule has 0 unspecified atom stereocenters. The summed E-state index contributed by atoms with van der Waals surface area (Å²) >= 11 is 0. The molecule has 0 radical (unpaired) electrons. The molecule has 0 atom stereocenters. The molecule has 0 spiro atoms. The van der Waals surface area contributed by atoms with Crippen LogP contribution in [0.5, 0.6) is 0 Å². The van der Waals surface area contributed by atoms with Crippen molar-refractivity contribution in [1.82, 2.24) is 4.98 Å². The minimum absolute atomic E-state index is 0.0937. The summed E-state index contributed by atoms with van der Waals surface area (Å²) in [5.41, 5.74) is 4.67. The van der Waals surface area contributed by atoms with Crippen molar-refractivity contribution in [1.29, 1.82) is 0 Å². The van der Waals surface area contributed by atoms with E-state index in [0.29, 0.717) is 12.2 Å². The van der Waals surface area contributed by atoms with Crippen molar-refractivity contribution in [3.05, 3.63) is 89.7 Å². The maximum atomic E-state index is 12.7. The number of benzene rings is 2. The van der Waals surface area contributed by atoms with E-state index in [2.05, 4.69) is 41.5 Å². The van der Waals surface area contributed by atoms with Gasteiger partial charge in [-0.05, 0) is 43.7 Å². The van der Waals surface area contributed by atoms with Gasteiger partial charge in [-0.15, -0.1) is 0 Å². The monoisotopic (exact) mass is 345 g/mol. The molecule has 1 heterocycles. The molecular formula is C22H23N3O. The fourth-order valence-electron chi connectivity index (χ4n) is 2.72. The second-order valence-electron chi connectivity index (χ2n) is 6.16. The van der Waals surface area contributed by atoms with Crippen LogP contribution < -0.4 is 10.2 Å². The number of aryl methyl sites for hydroxylation is 1. The zero-order valence-electron chi connectivity index (χ0n) is 15.1. The molecule has 0 aliphatic rings. The van der Waals surface area contributed by atoms with Crippen molar-refractivity contribution in [2.45, 2.75) is 20.4 Å². The summed E-state index contributed by atoms with van der Waals surface area (Å²) in [5, 5.41) is 3.33. The van der Waals surface area contributed by atoms with Gasteiger partial charge in [0.25, 0.3) is 5.91 Å². The number of pyridine rings is 1. The maximum Gasteiger partial charge on any atom is 0.276 e. The number of carbonyl (C=O) groups is 1. The van der Waals surface area contributed by atoms with Gasteiger partial charge in [-0.2, -0.15) is 0 Å². The lowest BCUT2D eigenvalue weighted by atomic mass is 10.1. The first-order valence-electron chi connectivity index (χ1n) is 8.79. The SMILES string of the molecule is CCN(C(=O)c1ccc(NCc2ccc(C)cc2)cn1)c1ccccc1. The number of nitrogens with zero attached hydrogens (tertiary/aromatic N) is 2. The van der Waals surface area contributed by atoms with Crippen LogP contribution >= 0.6 is 0 Å². The Bertz CT molecular complexity index is 843. The Kier molecular flexibility index (Phi) is 5.64. The number of hydrogen-bond donors (Lipinski definition) is 1. The minimum Gasteiger partial charge on any atom is -0.380 e. The number of para-hydroxylation sites is 1. The van der Waals surface area contributed by atoms with Gasteiger partial charge < -0.3 is 10.2 Å². The summed E-state index contributed by atoms with van der Waals surface area (Å²) < 4.78 is 0. The van der Waals surface area contributed by atoms with Gasteiger partial charge in [0.1, 0.15) is 5.69 Å². The first-order chi connectivity index (χ1) is 12.7. The number of anilines is 2. The van der Waals surface area contributed by atoms with E-state index in [1.54, 1.807) is 17.2 Å². The first-order valence-corrected chi connectivity index (χ1v) is 8.79. The van der Waals surface area contributed by atoms with E-state index in [4.69, 9.17) is 0 Å². The van der Waals surface area contributed by atoms with Crippen molar-refractivity contribution in [3.63, 3.8) is 0 Å². The molecule has 0 bridgehead atoms. The molecule has 0 aliphatic heterocycles. The van der Waals surface area contributed by atoms with Crippen LogP contribution in [0.3, 0.4) is 0 Å². The molecule has 0 saturated heterocycles. The number of amides is 1. The average molecular weight is 345 g/mol. The summed E-state index contributed by atoms with van der Waals surface area (Å²) in [7, 11) is 0. The van der Waals surface area contributed by atoms with E-state index >= 15 is 0 Å². The lowest BCUT2D eigenvalue weighted by Gasteiger charge is -2.20. The second-order valence-corrected chi connectivity index (χ2v) is 6.16. The summed E-state index contributed by atoms with van der Waals surface area (Å²) in [6, 6.07) is 21.7. The van der Waals surface area contributed by atoms with Crippen LogP contribution in [0.25, 0.3) is 0 Å². The lowest BCUT2D eigenvalue weighted by Crippen LogP contribution is -2.31. The van der Waals surface area contributed by atoms with Gasteiger partial charge in [0.2, 0.25) is 0 Å². The van der Waals surface area contributed by atoms with Gasteiger partial charge >= 0.3 is 0 Å². The van der Waals surface area contributed by atoms with Gasteiger partial charge in [0.15, 0.2) is 0 Å². The first kappa shape index (κ1) is 17.7. The van der Waals surface area contributed by atoms with Gasteiger partial charge in [-0.3, -0.25) is 4.79 Å². The topological polar surface area (TPSA) is 45.2 Å². The van der Waals surface area contributed by atoms with Crippen molar-refractivity contribution < 1.29 is 4.79 Å². The molecule has 4 heteroatoms. The standard InChI is InChI=1S/C22H23N3O/c1-3-25(20-7-5-4-6-8-20)22(26)21-14-13-19(16-24-21)23-15-18-11-9-17(2)10-12-18/h4-14,16,23H,3,15H2,1-2H3. The van der Waals surface area contributed by atoms with E-state index in [0.717, 1.165) is 17.9 Å². The molecule has 1 amide bonds. The predicted molar refractivity (Wildman–Crippen MR) is 107 cm³/mol. The van der Waals surface area contributed by atoms with E-state index < -0.39 is 0 Å². The third kappa shape index (κ3) is 4.28. The van der Waals surface area contributed by atoms with Crippen molar-refractivity contribution in [3.8, 4) is 0 Å². The highest BCUT2D eigenvalue weighted by molar-refractivity contribution is 6.04. The molecule has 4 nitrogen and oxygen atoms in total. The zero-order chi connectivity index (χ0) is 18.4. The quantitative estimate of drug-likeness (QED) is 0.706. The van der Waals surface area contributed by atoms with E-state index in [9.17, 15) is 4.79 Å². The Hall–Kier alpha value is -3.14. The van der Waals surface area contributed by atoms with Crippen LogP contribution in [0.4, 0.5) is 11.4 Å². The Morgan fingerprint density at radius 1 is 1.00 bits per heavy atom. The van der Waals surface area contributed by atoms with E-state index in [1.165, 1.54) is 11.1 Å². The molecule has 1 N–H and O–H groups in total. The van der Waals surface area contributed by atoms with Crippen molar-refractivity contribution in [2.24, 2.45) is 0 Å². The highest BCUT2D eigenvalue weighted by Gasteiger charge is 2.16. The van der Waals surface area contributed by atoms with Crippen molar-refractivity contribution in [2.75, 3.05) is 16.8 Å². The number of hydrogen-bond acceptors (Lipinski definition) is 3. The van der Waals surface area contributed by atoms with Crippen molar-refractivity contribution >= 4 is 17.3 Å². The molecular weight excluding hydrogens is 322 g/mol. The van der Waals surface area contributed by atoms with Crippen LogP contribution in [0.1, 0.15) is 28.5 Å². The van der Waals surface area contributed by atoms with Gasteiger partial charge in [0.05, 0.1) is 11.9 Å². The van der Waals surface area contributed by atoms with Gasteiger partial charge in [0, 0.05) is 18.8 Å². The van der Waals surface area contributed by atoms with E-state index in [1.807, 2.05) is 43.3 Å². The summed E-state index contributed by atoms with van der Waals surface area (Å²) in [6.45, 7) is 5.35. The predicted octanol–water partition coefficient (Wildman–Crippen LogP) is 4.67. The smallest absolute Gasteiger partial charge is 0.276 e. The summed E-state index contributed by atoms with van der Waals surface area (Å²) in [5.74, 6) is -0.0937. The fraction of sp³-hybridized carbons (Fsp3) is 0.182. The minimum atomic E-state index is -0.0937. The Labute approximate surface area is 154 Å². The second kappa shape index (κ2) is 8.30. The molecule has 26 heavy (non-hydrogen) atoms. The van der Waals surface area contributed by atoms with Gasteiger partial charge in [-0.25, -0.2) is 4.98 Å². The number of carbonyl (C=O) groups excluding carboxylic acids is 1. The molecule has 3 aromatic rings. The van der Waals surface area contributed by atoms with E-state index in [-0.39, 0.29) is 5.91 Å². The van der Waals surface area contributed by atoms with Gasteiger partial charge in [-0.1, -0.05) is 48.0 Å². The normalized spacial score (nSPS) is 10.4. The van der Waals surface area contributed by atoms with Crippen LogP contribution in [-0.2, 0) is 6.54 Å². The summed E-state index contributed by atoms with van der Waals surface area (Å²) in [4.78, 5) is 18.8. The molecule has 2 aromatic carbocycles. The number of rotatable bonds is 6. The molecule has 0 fully saturated rings. The maximum absolute atomic E-state index is 12.7. The zero-order valence-corrected chi connectivity index (χ0v) is 15.1. The van der Waals surface area contributed by atoms with Crippen LogP contribution in [0, 0.1) is 6.92 Å². The van der Waals surface area contributed by atoms with Crippen LogP contribution in [0.2, 0.25) is 0 Å². The Balaban J connectivity index is 1.66. The highest BCUT2D eigenvalue weighted by Crippen LogP contribution is 2.17. The summed E-state index contributed by atoms with van der Waals surface area (Å²) in [6.07, 6.45) is 1.71. The lowest BCUT2D eigenvalue weighted by molar-refractivity contribution is 0.0983. The molecule has 0 aliphatic carbocycles. The third-order valence-corrected chi connectivity index (χ3v) is 4.23. The number of aromatic nitrogens is 1. The fourth-order valence-corrected chi connectivity index (χ4v) is 2.72. The Morgan fingerprint density at radius 3 is 2.35 bits per heavy atom. The molecule has 0 saturated carbocycles. The number of nitrogens with one attached hydrogen (secondary N) is 1. The third-order valence-electron chi connectivity index (χ3n) is 4.23. The Morgan fingerprint density at radius 2 is 1.73 bits per heavy atom. The molecule has 1 aromatic heterocycles. The molecule has 132 valence electrons. The molecule has 3 rings (SSSR count).